The van der Waals surface area contributed by atoms with Crippen LogP contribution in [0.3, 0.4) is 0 Å². The van der Waals surface area contributed by atoms with Crippen LogP contribution < -0.4 is 5.73 Å². The second-order valence-electron chi connectivity index (χ2n) is 1.04. The number of aliphatic hydroxyl groups is 1. The van der Waals surface area contributed by atoms with Gasteiger partial charge >= 0.3 is 0 Å². The highest BCUT2D eigenvalue weighted by molar-refractivity contribution is 9.09. The van der Waals surface area contributed by atoms with Crippen LogP contribution in [0.2, 0.25) is 0 Å². The lowest BCUT2D eigenvalue weighted by Gasteiger charge is -1.97. The zero-order valence-electron chi connectivity index (χ0n) is 3.39. The fourth-order valence-corrected chi connectivity index (χ4v) is 0.327. The molecule has 0 spiro atoms. The lowest BCUT2D eigenvalue weighted by Crippen LogP contribution is -2.20. The smallest absolute Gasteiger partial charge is 0.0759 e. The van der Waals surface area contributed by atoms with Crippen molar-refractivity contribution in [3.63, 3.8) is 0 Å². The lowest BCUT2D eigenvalue weighted by atomic mass is 10.4. The highest BCUT2D eigenvalue weighted by Gasteiger charge is 1.92. The first-order chi connectivity index (χ1) is 2.81. The van der Waals surface area contributed by atoms with E-state index in [1.54, 1.807) is 0 Å². The second kappa shape index (κ2) is 3.59. The molecule has 0 amide bonds. The molecule has 0 bridgehead atoms. The molecule has 0 aliphatic heterocycles. The van der Waals surface area contributed by atoms with Gasteiger partial charge in [0.2, 0.25) is 0 Å². The average Bonchev–Trinajstić information content (AvgIpc) is 1.65. The van der Waals surface area contributed by atoms with Gasteiger partial charge < -0.3 is 10.8 Å². The zero-order valence-corrected chi connectivity index (χ0v) is 4.98. The summed E-state index contributed by atoms with van der Waals surface area (Å²) in [7, 11) is 0. The second-order valence-corrected chi connectivity index (χ2v) is 1.69. The molecule has 0 saturated carbocycles. The third kappa shape index (κ3) is 2.63. The number of hydrogen-bond donors (Lipinski definition) is 2. The SMILES string of the molecule is NC[C@H](O)CBr. The van der Waals surface area contributed by atoms with Gasteiger partial charge in [-0.2, -0.15) is 0 Å². The Balaban J connectivity index is 2.75. The van der Waals surface area contributed by atoms with E-state index in [0.29, 0.717) is 11.9 Å². The van der Waals surface area contributed by atoms with E-state index < -0.39 is 0 Å². The lowest BCUT2D eigenvalue weighted by molar-refractivity contribution is 0.209. The summed E-state index contributed by atoms with van der Waals surface area (Å²) < 4.78 is 0. The van der Waals surface area contributed by atoms with Crippen molar-refractivity contribution in [2.45, 2.75) is 6.10 Å². The zero-order chi connectivity index (χ0) is 4.99. The first-order valence-electron chi connectivity index (χ1n) is 1.75. The van der Waals surface area contributed by atoms with Crippen molar-refractivity contribution in [3.8, 4) is 0 Å². The fourth-order valence-electron chi connectivity index (χ4n) is 0.0630. The molecule has 0 saturated heterocycles. The van der Waals surface area contributed by atoms with Crippen molar-refractivity contribution in [2.75, 3.05) is 11.9 Å². The van der Waals surface area contributed by atoms with E-state index in [-0.39, 0.29) is 6.10 Å². The minimum absolute atomic E-state index is 0.339. The van der Waals surface area contributed by atoms with Gasteiger partial charge in [0.15, 0.2) is 0 Å². The van der Waals surface area contributed by atoms with Crippen LogP contribution in [0, 0.1) is 0 Å². The summed E-state index contributed by atoms with van der Waals surface area (Å²) in [5, 5.41) is 9.07. The fraction of sp³-hybridized carbons (Fsp3) is 1.00. The molecule has 0 unspecified atom stereocenters. The van der Waals surface area contributed by atoms with Crippen molar-refractivity contribution in [3.05, 3.63) is 0 Å². The van der Waals surface area contributed by atoms with Gasteiger partial charge in [0.1, 0.15) is 0 Å². The van der Waals surface area contributed by atoms with Crippen LogP contribution in [0.4, 0.5) is 0 Å². The molecule has 0 radical (unpaired) electrons. The van der Waals surface area contributed by atoms with Crippen LogP contribution in [0.5, 0.6) is 0 Å². The molecule has 0 rings (SSSR count). The Kier molecular flexibility index (Phi) is 3.82. The van der Waals surface area contributed by atoms with E-state index in [1.807, 2.05) is 0 Å². The van der Waals surface area contributed by atoms with E-state index in [9.17, 15) is 0 Å². The summed E-state index contributed by atoms with van der Waals surface area (Å²) in [6.45, 7) is 0.339. The van der Waals surface area contributed by atoms with Gasteiger partial charge in [-0.15, -0.1) is 0 Å². The largest absolute Gasteiger partial charge is 0.391 e. The minimum atomic E-state index is -0.370. The summed E-state index contributed by atoms with van der Waals surface area (Å²) in [5.74, 6) is 0. The van der Waals surface area contributed by atoms with Gasteiger partial charge in [-0.3, -0.25) is 0 Å². The Morgan fingerprint density at radius 3 is 2.33 bits per heavy atom. The maximum absolute atomic E-state index is 8.49. The third-order valence-electron chi connectivity index (χ3n) is 0.450. The van der Waals surface area contributed by atoms with Gasteiger partial charge in [0.05, 0.1) is 6.10 Å². The van der Waals surface area contributed by atoms with E-state index in [2.05, 4.69) is 15.9 Å². The predicted octanol–water partition coefficient (Wildman–Crippen LogP) is -0.299. The summed E-state index contributed by atoms with van der Waals surface area (Å²) in [5.41, 5.74) is 5.00. The number of rotatable bonds is 2. The van der Waals surface area contributed by atoms with E-state index in [4.69, 9.17) is 10.8 Å². The third-order valence-corrected chi connectivity index (χ3v) is 1.20. The highest BCUT2D eigenvalue weighted by atomic mass is 79.9. The Hall–Kier alpha value is 0.400. The van der Waals surface area contributed by atoms with E-state index >= 15 is 0 Å². The van der Waals surface area contributed by atoms with Crippen molar-refractivity contribution >= 4 is 15.9 Å². The summed E-state index contributed by atoms with van der Waals surface area (Å²) in [4.78, 5) is 0. The van der Waals surface area contributed by atoms with E-state index in [0.717, 1.165) is 0 Å². The molecule has 0 aromatic carbocycles. The van der Waals surface area contributed by atoms with Crippen LogP contribution in [0.25, 0.3) is 0 Å². The molecule has 0 aliphatic rings. The molecule has 0 aliphatic carbocycles. The van der Waals surface area contributed by atoms with Crippen LogP contribution in [-0.2, 0) is 0 Å². The van der Waals surface area contributed by atoms with Crippen LogP contribution in [0.1, 0.15) is 0 Å². The highest BCUT2D eigenvalue weighted by Crippen LogP contribution is 1.84. The molecular weight excluding hydrogens is 146 g/mol. The summed E-state index contributed by atoms with van der Waals surface area (Å²) in [6.07, 6.45) is -0.370. The van der Waals surface area contributed by atoms with Crippen molar-refractivity contribution in [1.29, 1.82) is 0 Å². The van der Waals surface area contributed by atoms with Crippen LogP contribution in [0.15, 0.2) is 0 Å². The minimum Gasteiger partial charge on any atom is -0.391 e. The quantitative estimate of drug-likeness (QED) is 0.536. The predicted molar refractivity (Wildman–Crippen MR) is 28.9 cm³/mol. The topological polar surface area (TPSA) is 46.2 Å². The number of hydrogen-bond acceptors (Lipinski definition) is 2. The molecule has 0 aromatic heterocycles. The molecule has 3 N–H and O–H groups in total. The van der Waals surface area contributed by atoms with Crippen molar-refractivity contribution in [2.24, 2.45) is 5.73 Å². The Morgan fingerprint density at radius 1 is 1.83 bits per heavy atom. The van der Waals surface area contributed by atoms with Gasteiger partial charge in [-0.05, 0) is 0 Å². The molecule has 38 valence electrons. The van der Waals surface area contributed by atoms with Crippen LogP contribution in [-0.4, -0.2) is 23.1 Å². The van der Waals surface area contributed by atoms with Crippen molar-refractivity contribution < 1.29 is 5.11 Å². The Labute approximate surface area is 45.5 Å². The number of alkyl halides is 1. The number of halogens is 1. The first-order valence-corrected chi connectivity index (χ1v) is 2.87. The monoisotopic (exact) mass is 153 g/mol. The van der Waals surface area contributed by atoms with Crippen molar-refractivity contribution in [1.82, 2.24) is 0 Å². The van der Waals surface area contributed by atoms with Gasteiger partial charge in [0, 0.05) is 11.9 Å². The van der Waals surface area contributed by atoms with Gasteiger partial charge in [-0.25, -0.2) is 0 Å². The first kappa shape index (κ1) is 6.40. The molecule has 0 heterocycles. The normalized spacial score (nSPS) is 14.5. The molecular formula is C3H8BrNO. The number of aliphatic hydroxyl groups excluding tert-OH is 1. The summed E-state index contributed by atoms with van der Waals surface area (Å²) >= 11 is 3.04. The van der Waals surface area contributed by atoms with Gasteiger partial charge in [0.25, 0.3) is 0 Å². The molecule has 1 atom stereocenters. The standard InChI is InChI=1S/C3H8BrNO/c4-1-3(6)2-5/h3,6H,1-2,5H2/t3-/m1/s1. The van der Waals surface area contributed by atoms with Gasteiger partial charge in [-0.1, -0.05) is 15.9 Å². The average molecular weight is 154 g/mol. The van der Waals surface area contributed by atoms with E-state index in [1.165, 1.54) is 0 Å². The maximum Gasteiger partial charge on any atom is 0.0759 e. The maximum atomic E-state index is 8.49. The molecule has 3 heteroatoms. The molecule has 0 fully saturated rings. The summed E-state index contributed by atoms with van der Waals surface area (Å²) in [6, 6.07) is 0. The Morgan fingerprint density at radius 2 is 2.33 bits per heavy atom. The number of nitrogens with two attached hydrogens (primary N) is 1. The molecule has 6 heavy (non-hydrogen) atoms. The Bertz CT molecular complexity index is 30.0. The molecule has 2 nitrogen and oxygen atoms in total. The molecule has 0 aromatic rings. The van der Waals surface area contributed by atoms with Crippen LogP contribution >= 0.6 is 15.9 Å².